The fourth-order valence-corrected chi connectivity index (χ4v) is 3.12. The summed E-state index contributed by atoms with van der Waals surface area (Å²) < 4.78 is 21.6. The van der Waals surface area contributed by atoms with E-state index < -0.39 is 5.91 Å². The van der Waals surface area contributed by atoms with E-state index in [2.05, 4.69) is 15.5 Å². The lowest BCUT2D eigenvalue weighted by Gasteiger charge is -2.15. The quantitative estimate of drug-likeness (QED) is 0.674. The Morgan fingerprint density at radius 3 is 2.29 bits per heavy atom. The van der Waals surface area contributed by atoms with Crippen LogP contribution in [0.4, 0.5) is 5.69 Å². The van der Waals surface area contributed by atoms with Crippen LogP contribution in [-0.2, 0) is 4.79 Å². The van der Waals surface area contributed by atoms with Gasteiger partial charge in [0.1, 0.15) is 5.02 Å². The van der Waals surface area contributed by atoms with E-state index in [-0.39, 0.29) is 55.5 Å². The van der Waals surface area contributed by atoms with Crippen molar-refractivity contribution in [2.75, 3.05) is 5.32 Å². The van der Waals surface area contributed by atoms with Gasteiger partial charge in [-0.3, -0.25) is 4.79 Å². The topological polar surface area (TPSA) is 64.1 Å². The SMILES string of the molecule is [2H]c1c(Cl)c(Oc2nnc(Cl)c(C(C)C)c2Cl)c(Cl)c([2H])c1NC(C)=O. The van der Waals surface area contributed by atoms with Gasteiger partial charge in [0.05, 0.1) is 12.8 Å². The zero-order valence-corrected chi connectivity index (χ0v) is 15.8. The lowest BCUT2D eigenvalue weighted by Crippen LogP contribution is -2.06. The number of carbonyl (C=O) groups is 1. The minimum atomic E-state index is -0.471. The third-order valence-electron chi connectivity index (χ3n) is 2.82. The Morgan fingerprint density at radius 1 is 1.21 bits per heavy atom. The first-order valence-electron chi connectivity index (χ1n) is 7.71. The molecule has 0 aliphatic carbocycles. The van der Waals surface area contributed by atoms with Crippen LogP contribution < -0.4 is 10.1 Å². The van der Waals surface area contributed by atoms with Gasteiger partial charge in [0, 0.05) is 18.2 Å². The predicted molar refractivity (Wildman–Crippen MR) is 97.0 cm³/mol. The minimum Gasteiger partial charge on any atom is -0.433 e. The van der Waals surface area contributed by atoms with E-state index in [1.54, 1.807) is 0 Å². The van der Waals surface area contributed by atoms with Crippen molar-refractivity contribution in [3.05, 3.63) is 37.9 Å². The third-order valence-corrected chi connectivity index (χ3v) is 4.00. The second-order valence-electron chi connectivity index (χ2n) is 5.04. The summed E-state index contributed by atoms with van der Waals surface area (Å²) in [4.78, 5) is 11.3. The molecule has 1 N–H and O–H groups in total. The van der Waals surface area contributed by atoms with Crippen LogP contribution in [-0.4, -0.2) is 16.1 Å². The summed E-state index contributed by atoms with van der Waals surface area (Å²) in [5.41, 5.74) is 0.397. The van der Waals surface area contributed by atoms with E-state index in [1.165, 1.54) is 6.92 Å². The predicted octanol–water partition coefficient (Wildman–Crippen LogP) is 5.96. The van der Waals surface area contributed by atoms with Crippen molar-refractivity contribution in [2.24, 2.45) is 0 Å². The molecule has 24 heavy (non-hydrogen) atoms. The van der Waals surface area contributed by atoms with Crippen LogP contribution >= 0.6 is 46.4 Å². The van der Waals surface area contributed by atoms with E-state index >= 15 is 0 Å². The number of ether oxygens (including phenoxy) is 1. The third kappa shape index (κ3) is 4.22. The standard InChI is InChI=1S/C15H13Cl4N3O2/c1-6(2)11-12(18)15(22-21-14(11)19)24-13-9(16)4-8(5-10(13)17)20-7(3)23/h4-6H,1-3H3,(H,20,23)/i4D,5D. The van der Waals surface area contributed by atoms with Crippen molar-refractivity contribution in [1.82, 2.24) is 10.2 Å². The number of nitrogens with zero attached hydrogens (tertiary/aromatic N) is 2. The highest BCUT2D eigenvalue weighted by molar-refractivity contribution is 6.38. The molecule has 128 valence electrons. The van der Waals surface area contributed by atoms with E-state index in [4.69, 9.17) is 53.9 Å². The average molecular weight is 411 g/mol. The van der Waals surface area contributed by atoms with Gasteiger partial charge in [-0.25, -0.2) is 0 Å². The molecule has 1 aromatic carbocycles. The number of hydrogen-bond donors (Lipinski definition) is 1. The second kappa shape index (κ2) is 7.74. The Balaban J connectivity index is 2.59. The average Bonchev–Trinajstić information content (AvgIpc) is 2.55. The van der Waals surface area contributed by atoms with E-state index in [0.29, 0.717) is 5.56 Å². The van der Waals surface area contributed by atoms with Crippen molar-refractivity contribution in [1.29, 1.82) is 0 Å². The first-order chi connectivity index (χ1) is 12.1. The number of anilines is 1. The monoisotopic (exact) mass is 409 g/mol. The van der Waals surface area contributed by atoms with Gasteiger partial charge in [0.2, 0.25) is 5.91 Å². The van der Waals surface area contributed by atoms with Crippen LogP contribution in [0.25, 0.3) is 0 Å². The summed E-state index contributed by atoms with van der Waals surface area (Å²) in [5.74, 6) is -0.833. The van der Waals surface area contributed by atoms with Gasteiger partial charge in [-0.1, -0.05) is 60.3 Å². The number of aromatic nitrogens is 2. The molecule has 2 aromatic rings. The van der Waals surface area contributed by atoms with Gasteiger partial charge in [-0.05, 0) is 18.0 Å². The van der Waals surface area contributed by atoms with Crippen LogP contribution in [0.5, 0.6) is 11.6 Å². The first kappa shape index (κ1) is 16.2. The van der Waals surface area contributed by atoms with Crippen LogP contribution in [0.1, 0.15) is 35.0 Å². The maximum absolute atomic E-state index is 11.3. The normalized spacial score (nSPS) is 12.0. The molecule has 1 amide bonds. The van der Waals surface area contributed by atoms with Gasteiger partial charge in [-0.15, -0.1) is 10.2 Å². The molecule has 1 aromatic heterocycles. The molecule has 0 atom stereocenters. The maximum atomic E-state index is 11.3. The Morgan fingerprint density at radius 2 is 1.79 bits per heavy atom. The van der Waals surface area contributed by atoms with Crippen LogP contribution in [0.3, 0.4) is 0 Å². The maximum Gasteiger partial charge on any atom is 0.258 e. The van der Waals surface area contributed by atoms with Crippen molar-refractivity contribution >= 4 is 58.0 Å². The van der Waals surface area contributed by atoms with E-state index in [1.807, 2.05) is 13.8 Å². The molecule has 0 spiro atoms. The molecule has 1 heterocycles. The molecule has 0 unspecified atom stereocenters. The van der Waals surface area contributed by atoms with Gasteiger partial charge >= 0.3 is 0 Å². The lowest BCUT2D eigenvalue weighted by atomic mass is 10.1. The van der Waals surface area contributed by atoms with Gasteiger partial charge < -0.3 is 10.1 Å². The lowest BCUT2D eigenvalue weighted by molar-refractivity contribution is -0.114. The summed E-state index contributed by atoms with van der Waals surface area (Å²) in [6.07, 6.45) is 0. The summed E-state index contributed by atoms with van der Waals surface area (Å²) >= 11 is 24.6. The smallest absolute Gasteiger partial charge is 0.258 e. The number of benzene rings is 1. The number of nitrogens with one attached hydrogen (secondary N) is 1. The fraction of sp³-hybridized carbons (Fsp3) is 0.267. The van der Waals surface area contributed by atoms with E-state index in [9.17, 15) is 4.79 Å². The molecular formula is C15H13Cl4N3O2. The number of halogens is 4. The van der Waals surface area contributed by atoms with E-state index in [0.717, 1.165) is 0 Å². The number of hydrogen-bond acceptors (Lipinski definition) is 4. The molecule has 2 rings (SSSR count). The Kier molecular flexibility index (Phi) is 5.23. The zero-order chi connectivity index (χ0) is 19.8. The van der Waals surface area contributed by atoms with Crippen molar-refractivity contribution in [2.45, 2.75) is 26.7 Å². The summed E-state index contributed by atoms with van der Waals surface area (Å²) in [7, 11) is 0. The molecule has 0 aliphatic heterocycles. The molecule has 0 aliphatic rings. The molecule has 9 heteroatoms. The Bertz CT molecular complexity index is 865. The first-order valence-corrected chi connectivity index (χ1v) is 8.22. The second-order valence-corrected chi connectivity index (χ2v) is 6.54. The summed E-state index contributed by atoms with van der Waals surface area (Å²) in [6, 6.07) is -0.651. The molecule has 0 radical (unpaired) electrons. The summed E-state index contributed by atoms with van der Waals surface area (Å²) in [6.45, 7) is 4.97. The van der Waals surface area contributed by atoms with Crippen LogP contribution in [0, 0.1) is 0 Å². The highest BCUT2D eigenvalue weighted by Crippen LogP contribution is 2.42. The number of amides is 1. The largest absolute Gasteiger partial charge is 0.433 e. The highest BCUT2D eigenvalue weighted by atomic mass is 35.5. The van der Waals surface area contributed by atoms with Crippen LogP contribution in [0.15, 0.2) is 12.1 Å². The fourth-order valence-electron chi connectivity index (χ4n) is 1.84. The van der Waals surface area contributed by atoms with Gasteiger partial charge in [0.25, 0.3) is 5.88 Å². The van der Waals surface area contributed by atoms with Crippen LogP contribution in [0.2, 0.25) is 20.2 Å². The van der Waals surface area contributed by atoms with Crippen molar-refractivity contribution < 1.29 is 12.3 Å². The molecule has 5 nitrogen and oxygen atoms in total. The molecule has 0 saturated carbocycles. The Labute approximate surface area is 162 Å². The molecule has 0 bridgehead atoms. The Hall–Kier alpha value is -1.27. The van der Waals surface area contributed by atoms with Gasteiger partial charge in [0.15, 0.2) is 10.9 Å². The molecule has 0 saturated heterocycles. The minimum absolute atomic E-state index is 0.0561. The highest BCUT2D eigenvalue weighted by Gasteiger charge is 2.20. The number of carbonyl (C=O) groups excluding carboxylic acids is 1. The van der Waals surface area contributed by atoms with Crippen molar-refractivity contribution in [3.8, 4) is 11.6 Å². The zero-order valence-electron chi connectivity index (χ0n) is 14.8. The van der Waals surface area contributed by atoms with Crippen molar-refractivity contribution in [3.63, 3.8) is 0 Å². The number of rotatable bonds is 4. The van der Waals surface area contributed by atoms with Gasteiger partial charge in [-0.2, -0.15) is 0 Å². The molecule has 0 fully saturated rings. The molecular weight excluding hydrogens is 396 g/mol. The summed E-state index contributed by atoms with van der Waals surface area (Å²) in [5, 5.41) is 9.75.